The molecule has 10 nitrogen and oxygen atoms in total. The second-order valence-electron chi connectivity index (χ2n) is 15.7. The van der Waals surface area contributed by atoms with Crippen LogP contribution in [0.15, 0.2) is 65.8 Å². The van der Waals surface area contributed by atoms with E-state index in [0.29, 0.717) is 38.5 Å². The lowest BCUT2D eigenvalue weighted by Crippen LogP contribution is -2.50. The lowest BCUT2D eigenvalue weighted by molar-refractivity contribution is -0.137. The van der Waals surface area contributed by atoms with Crippen molar-refractivity contribution in [2.24, 2.45) is 5.92 Å². The molecule has 0 radical (unpaired) electrons. The lowest BCUT2D eigenvalue weighted by atomic mass is 9.72. The van der Waals surface area contributed by atoms with Gasteiger partial charge in [-0.3, -0.25) is 4.79 Å². The standard InChI is InChI=1S/C45H63NO9/c1-4-6-10-40(51)41(52)23-17-30-11-12-32-9-7-8-29(5-2)43(32)33-16-22-39(31-13-18-35(48)19-14-31)45(3,55)28-46-44(38(30)26-37(50)27-47)34(25-33)15-20-36(49)21-24-42(53)54/h7-9,13-14,17-19,23,33-34,36-37,39-41,44,46-52,55H,4-6,10-12,15,20-21,24-28H2,1-3H3,(H,53,54)/b23-17+,38-30+/t33-,34+,36+,37+,39+,40+,41-,44+,45-/m1/s1. The van der Waals surface area contributed by atoms with Gasteiger partial charge < -0.3 is 46.2 Å². The fraction of sp³-hybridized carbons (Fsp3) is 0.578. The molecule has 55 heavy (non-hydrogen) atoms. The number of carboxylic acid groups (broad SMARTS) is 1. The Hall–Kier alpha value is -3.53. The van der Waals surface area contributed by atoms with Crippen LogP contribution in [0.1, 0.15) is 119 Å². The van der Waals surface area contributed by atoms with E-state index in [-0.39, 0.29) is 43.4 Å². The fourth-order valence-corrected chi connectivity index (χ4v) is 8.22. The predicted octanol–water partition coefficient (Wildman–Crippen LogP) is 5.01. The average Bonchev–Trinajstić information content (AvgIpc) is 3.16. The molecule has 0 saturated heterocycles. The summed E-state index contributed by atoms with van der Waals surface area (Å²) in [6.45, 7) is 5.45. The third-order valence-electron chi connectivity index (χ3n) is 11.4. The Kier molecular flexibility index (Phi) is 17.0. The number of β-amino-alcohol motifs (C(OH)–C–C–N with tert-alkyl or cyclic N) is 1. The maximum atomic E-state index is 12.3. The summed E-state index contributed by atoms with van der Waals surface area (Å²) in [5.41, 5.74) is 4.31. The molecule has 4 rings (SSSR count). The summed E-state index contributed by atoms with van der Waals surface area (Å²) in [6.07, 6.45) is 4.73. The minimum absolute atomic E-state index is 0.0749. The third kappa shape index (κ3) is 12.5. The van der Waals surface area contributed by atoms with Crippen LogP contribution in [0.3, 0.4) is 0 Å². The first-order valence-electron chi connectivity index (χ1n) is 20.1. The van der Waals surface area contributed by atoms with Gasteiger partial charge in [-0.1, -0.05) is 81.0 Å². The molecule has 1 aliphatic carbocycles. The second kappa shape index (κ2) is 21.1. The Morgan fingerprint density at radius 3 is 2.42 bits per heavy atom. The van der Waals surface area contributed by atoms with Crippen molar-refractivity contribution in [2.45, 2.75) is 146 Å². The van der Waals surface area contributed by atoms with Gasteiger partial charge in [0.15, 0.2) is 0 Å². The summed E-state index contributed by atoms with van der Waals surface area (Å²) < 4.78 is 0. The highest BCUT2D eigenvalue weighted by Crippen LogP contribution is 2.41. The number of phenols is 1. The maximum Gasteiger partial charge on any atom is 0.303 e. The Labute approximate surface area is 326 Å². The zero-order valence-electron chi connectivity index (χ0n) is 32.7. The second-order valence-corrected chi connectivity index (χ2v) is 15.7. The minimum atomic E-state index is -1.43. The van der Waals surface area contributed by atoms with Crippen LogP contribution in [0, 0.1) is 17.8 Å². The zero-order valence-corrected chi connectivity index (χ0v) is 32.7. The normalized spacial score (nSPS) is 26.7. The quantitative estimate of drug-likeness (QED) is 0.0991. The number of nitrogens with one attached hydrogen (secondary N) is 1. The number of aliphatic hydroxyl groups is 6. The first kappa shape index (κ1) is 44.2. The van der Waals surface area contributed by atoms with Gasteiger partial charge in [-0.15, -0.1) is 0 Å². The smallest absolute Gasteiger partial charge is 0.303 e. The number of aliphatic hydroxyl groups excluding tert-OH is 5. The van der Waals surface area contributed by atoms with Gasteiger partial charge in [-0.05, 0) is 116 Å². The molecule has 0 unspecified atom stereocenters. The first-order valence-corrected chi connectivity index (χ1v) is 20.1. The molecule has 0 aromatic heterocycles. The van der Waals surface area contributed by atoms with Crippen LogP contribution in [-0.4, -0.2) is 96.0 Å². The van der Waals surface area contributed by atoms with Crippen molar-refractivity contribution in [3.8, 4) is 17.6 Å². The Morgan fingerprint density at radius 2 is 1.75 bits per heavy atom. The van der Waals surface area contributed by atoms with Crippen LogP contribution < -0.4 is 5.32 Å². The van der Waals surface area contributed by atoms with Gasteiger partial charge in [0.05, 0.1) is 42.5 Å². The Balaban J connectivity index is 1.99. The topological polar surface area (TPSA) is 191 Å². The third-order valence-corrected chi connectivity index (χ3v) is 11.4. The minimum Gasteiger partial charge on any atom is -0.508 e. The molecule has 10 heteroatoms. The molecule has 9 N–H and O–H groups in total. The number of carbonyl (C=O) groups is 1. The fourth-order valence-electron chi connectivity index (χ4n) is 8.22. The van der Waals surface area contributed by atoms with Crippen LogP contribution in [0.5, 0.6) is 5.75 Å². The van der Waals surface area contributed by atoms with Crippen molar-refractivity contribution < 1.29 is 45.6 Å². The van der Waals surface area contributed by atoms with E-state index in [1.807, 2.05) is 19.1 Å². The summed E-state index contributed by atoms with van der Waals surface area (Å²) in [5, 5.41) is 89.4. The Morgan fingerprint density at radius 1 is 1.00 bits per heavy atom. The van der Waals surface area contributed by atoms with Crippen LogP contribution in [0.4, 0.5) is 0 Å². The SMILES string of the molecule is CCCC[C@H](O)[C@H](O)/C=C/C1=C(\C[C@H](O)CO)[C@H]2NC[C@@](C)(O)[C@H](c3ccc(O)cc3)C#C[C@H](C[C@@H]2CC[C@H](O)CCC(=O)O)c2c(CC)cccc2CC1. The summed E-state index contributed by atoms with van der Waals surface area (Å²) in [5.74, 6) is 5.05. The molecule has 2 aromatic carbocycles. The highest BCUT2D eigenvalue weighted by Gasteiger charge is 2.38. The molecular formula is C45H63NO9. The molecule has 9 atom stereocenters. The molecule has 2 aliphatic rings. The molecule has 0 fully saturated rings. The van der Waals surface area contributed by atoms with Crippen molar-refractivity contribution in [2.75, 3.05) is 13.2 Å². The van der Waals surface area contributed by atoms with E-state index in [1.165, 1.54) is 0 Å². The van der Waals surface area contributed by atoms with E-state index in [0.717, 1.165) is 52.7 Å². The molecule has 2 bridgehead atoms. The number of allylic oxidation sites excluding steroid dienone is 2. The summed E-state index contributed by atoms with van der Waals surface area (Å²) in [4.78, 5) is 11.4. The van der Waals surface area contributed by atoms with E-state index in [2.05, 4.69) is 36.2 Å². The molecule has 302 valence electrons. The van der Waals surface area contributed by atoms with Crippen LogP contribution in [0.25, 0.3) is 0 Å². The number of rotatable bonds is 17. The van der Waals surface area contributed by atoms with Gasteiger partial charge in [0.25, 0.3) is 0 Å². The number of phenolic OH excluding ortho intramolecular Hbond substituents is 1. The highest BCUT2D eigenvalue weighted by molar-refractivity contribution is 5.66. The number of fused-ring (bicyclic) bond motifs is 5. The van der Waals surface area contributed by atoms with Gasteiger partial charge in [0, 0.05) is 24.9 Å². The van der Waals surface area contributed by atoms with Gasteiger partial charge in [0.1, 0.15) is 5.75 Å². The lowest BCUT2D eigenvalue weighted by Gasteiger charge is -2.40. The number of aliphatic carboxylic acids is 1. The number of hydrogen-bond donors (Lipinski definition) is 9. The van der Waals surface area contributed by atoms with Crippen LogP contribution in [0.2, 0.25) is 0 Å². The maximum absolute atomic E-state index is 12.3. The number of hydrogen-bond acceptors (Lipinski definition) is 9. The predicted molar refractivity (Wildman–Crippen MR) is 214 cm³/mol. The van der Waals surface area contributed by atoms with Gasteiger partial charge >= 0.3 is 5.97 Å². The molecule has 2 aromatic rings. The largest absolute Gasteiger partial charge is 0.508 e. The van der Waals surface area contributed by atoms with E-state index in [4.69, 9.17) is 0 Å². The van der Waals surface area contributed by atoms with Gasteiger partial charge in [-0.25, -0.2) is 0 Å². The number of aryl methyl sites for hydroxylation is 2. The molecule has 0 spiro atoms. The molecular weight excluding hydrogens is 698 g/mol. The van der Waals surface area contributed by atoms with Crippen molar-refractivity contribution in [1.29, 1.82) is 0 Å². The number of unbranched alkanes of at least 4 members (excludes halogenated alkanes) is 1. The van der Waals surface area contributed by atoms with Crippen molar-refractivity contribution in [3.05, 3.63) is 88.0 Å². The highest BCUT2D eigenvalue weighted by atomic mass is 16.4. The van der Waals surface area contributed by atoms with Crippen molar-refractivity contribution >= 4 is 5.97 Å². The van der Waals surface area contributed by atoms with Gasteiger partial charge in [0.2, 0.25) is 0 Å². The number of aromatic hydroxyl groups is 1. The Bertz CT molecular complexity index is 1660. The first-order chi connectivity index (χ1) is 26.3. The van der Waals surface area contributed by atoms with Crippen molar-refractivity contribution in [3.63, 3.8) is 0 Å². The van der Waals surface area contributed by atoms with Crippen molar-refractivity contribution in [1.82, 2.24) is 5.32 Å². The van der Waals surface area contributed by atoms with Gasteiger partial charge in [-0.2, -0.15) is 0 Å². The molecule has 0 saturated carbocycles. The molecule has 1 aliphatic heterocycles. The number of carboxylic acids is 1. The van der Waals surface area contributed by atoms with E-state index < -0.39 is 54.6 Å². The summed E-state index contributed by atoms with van der Waals surface area (Å²) in [7, 11) is 0. The van der Waals surface area contributed by atoms with E-state index in [1.54, 1.807) is 37.3 Å². The average molecular weight is 762 g/mol. The zero-order chi connectivity index (χ0) is 40.1. The van der Waals surface area contributed by atoms with E-state index >= 15 is 0 Å². The molecule has 0 amide bonds. The monoisotopic (exact) mass is 761 g/mol. The van der Waals surface area contributed by atoms with Crippen LogP contribution >= 0.6 is 0 Å². The summed E-state index contributed by atoms with van der Waals surface area (Å²) in [6, 6.07) is 12.5. The molecule has 1 heterocycles. The van der Waals surface area contributed by atoms with Crippen LogP contribution in [-0.2, 0) is 17.6 Å². The van der Waals surface area contributed by atoms with E-state index in [9.17, 15) is 45.6 Å². The summed E-state index contributed by atoms with van der Waals surface area (Å²) >= 11 is 0. The number of benzene rings is 2.